The molecule has 0 aliphatic carbocycles. The van der Waals surface area contributed by atoms with E-state index in [0.29, 0.717) is 6.54 Å². The summed E-state index contributed by atoms with van der Waals surface area (Å²) in [6.07, 6.45) is 0. The van der Waals surface area contributed by atoms with Crippen LogP contribution in [0, 0.1) is 13.8 Å². The van der Waals surface area contributed by atoms with E-state index in [1.807, 2.05) is 30.3 Å². The highest BCUT2D eigenvalue weighted by molar-refractivity contribution is 6.03. The highest BCUT2D eigenvalue weighted by Gasteiger charge is 2.37. The fourth-order valence-electron chi connectivity index (χ4n) is 4.60. The van der Waals surface area contributed by atoms with Crippen molar-refractivity contribution in [2.75, 3.05) is 16.3 Å². The fraction of sp³-hybridized carbons (Fsp3) is 0.240. The third kappa shape index (κ3) is 2.78. The topological polar surface area (TPSA) is 23.6 Å². The summed E-state index contributed by atoms with van der Waals surface area (Å²) in [4.78, 5) is 18.2. The molecular formula is C25H24N2O. The van der Waals surface area contributed by atoms with Crippen LogP contribution in [-0.2, 0) is 13.1 Å². The van der Waals surface area contributed by atoms with Gasteiger partial charge in [-0.2, -0.15) is 0 Å². The van der Waals surface area contributed by atoms with E-state index < -0.39 is 0 Å². The maximum Gasteiger partial charge on any atom is 0.187 e. The molecule has 0 radical (unpaired) electrons. The van der Waals surface area contributed by atoms with Gasteiger partial charge in [0, 0.05) is 36.6 Å². The second-order valence-electron chi connectivity index (χ2n) is 8.02. The summed E-state index contributed by atoms with van der Waals surface area (Å²) in [7, 11) is 0. The van der Waals surface area contributed by atoms with Crippen molar-refractivity contribution < 1.29 is 4.79 Å². The number of Topliss-reactive ketones (excluding diaryl/α,β-unsaturated/α-hetero) is 1. The molecule has 2 aliphatic heterocycles. The van der Waals surface area contributed by atoms with Crippen molar-refractivity contribution in [2.45, 2.75) is 33.0 Å². The average Bonchev–Trinajstić information content (AvgIpc) is 2.94. The van der Waals surface area contributed by atoms with Crippen molar-refractivity contribution in [1.29, 1.82) is 0 Å². The third-order valence-corrected chi connectivity index (χ3v) is 5.95. The maximum absolute atomic E-state index is 13.5. The quantitative estimate of drug-likeness (QED) is 0.602. The fourth-order valence-corrected chi connectivity index (χ4v) is 4.60. The molecule has 3 nitrogen and oxygen atoms in total. The van der Waals surface area contributed by atoms with Gasteiger partial charge >= 0.3 is 0 Å². The van der Waals surface area contributed by atoms with E-state index in [4.69, 9.17) is 0 Å². The summed E-state index contributed by atoms with van der Waals surface area (Å²) in [5, 5.41) is 0. The largest absolute Gasteiger partial charge is 0.364 e. The molecule has 28 heavy (non-hydrogen) atoms. The smallest absolute Gasteiger partial charge is 0.187 e. The molecule has 2 heterocycles. The Hall–Kier alpha value is -3.07. The van der Waals surface area contributed by atoms with Crippen LogP contribution in [0.4, 0.5) is 11.4 Å². The van der Waals surface area contributed by atoms with Crippen molar-refractivity contribution in [2.24, 2.45) is 0 Å². The Morgan fingerprint density at radius 1 is 0.821 bits per heavy atom. The van der Waals surface area contributed by atoms with E-state index in [-0.39, 0.29) is 11.8 Å². The predicted octanol–water partition coefficient (Wildman–Crippen LogP) is 4.90. The Bertz CT molecular complexity index is 1060. The summed E-state index contributed by atoms with van der Waals surface area (Å²) in [5.74, 6) is 0.198. The molecule has 3 heteroatoms. The number of aryl methyl sites for hydroxylation is 2. The standard InChI is InChI=1S/C25H24N2O/c1-17-8-10-22-21(13-17)15-27-23-11-9-18(2)12-20(23)14-26(22)16-24(27)25(28)19-6-4-3-5-7-19/h3-13,24H,14-16H2,1-2H3. The van der Waals surface area contributed by atoms with Gasteiger partial charge in [-0.3, -0.25) is 4.79 Å². The summed E-state index contributed by atoms with van der Waals surface area (Å²) < 4.78 is 0. The van der Waals surface area contributed by atoms with Crippen LogP contribution >= 0.6 is 0 Å². The molecule has 0 fully saturated rings. The van der Waals surface area contributed by atoms with Gasteiger partial charge in [0.2, 0.25) is 0 Å². The molecular weight excluding hydrogens is 344 g/mol. The Kier molecular flexibility index (Phi) is 3.97. The van der Waals surface area contributed by atoms with Crippen LogP contribution in [0.25, 0.3) is 0 Å². The molecule has 140 valence electrons. The lowest BCUT2D eigenvalue weighted by molar-refractivity contribution is 0.0960. The Morgan fingerprint density at radius 2 is 1.46 bits per heavy atom. The van der Waals surface area contributed by atoms with Crippen molar-refractivity contribution in [3.8, 4) is 0 Å². The minimum atomic E-state index is -0.195. The first-order chi connectivity index (χ1) is 13.6. The van der Waals surface area contributed by atoms with Crippen LogP contribution in [0.5, 0.6) is 0 Å². The first kappa shape index (κ1) is 17.1. The lowest BCUT2D eigenvalue weighted by Crippen LogP contribution is -2.45. The van der Waals surface area contributed by atoms with Crippen LogP contribution in [0.15, 0.2) is 66.7 Å². The number of nitrogens with zero attached hydrogens (tertiary/aromatic N) is 2. The molecule has 0 N–H and O–H groups in total. The number of hydrogen-bond donors (Lipinski definition) is 0. The third-order valence-electron chi connectivity index (χ3n) is 5.95. The predicted molar refractivity (Wildman–Crippen MR) is 114 cm³/mol. The van der Waals surface area contributed by atoms with Gasteiger partial charge in [-0.05, 0) is 37.1 Å². The lowest BCUT2D eigenvalue weighted by atomic mass is 10.0. The SMILES string of the molecule is Cc1ccc2c(c1)CN1c3ccc(C)cc3CN2CC1C(=O)c1ccccc1. The molecule has 1 unspecified atom stereocenters. The summed E-state index contributed by atoms with van der Waals surface area (Å²) in [6.45, 7) is 6.57. The van der Waals surface area contributed by atoms with Gasteiger partial charge in [-0.25, -0.2) is 0 Å². The molecule has 5 rings (SSSR count). The van der Waals surface area contributed by atoms with Crippen LogP contribution < -0.4 is 9.80 Å². The first-order valence-electron chi connectivity index (χ1n) is 9.90. The van der Waals surface area contributed by atoms with Crippen LogP contribution in [-0.4, -0.2) is 18.4 Å². The Morgan fingerprint density at radius 3 is 2.18 bits per heavy atom. The molecule has 3 aromatic rings. The summed E-state index contributed by atoms with van der Waals surface area (Å²) in [6, 6.07) is 22.8. The van der Waals surface area contributed by atoms with Gasteiger partial charge in [0.05, 0.1) is 0 Å². The van der Waals surface area contributed by atoms with E-state index >= 15 is 0 Å². The number of hydrogen-bond acceptors (Lipinski definition) is 3. The molecule has 2 aliphatic rings. The van der Waals surface area contributed by atoms with Crippen molar-refractivity contribution >= 4 is 17.2 Å². The van der Waals surface area contributed by atoms with Crippen molar-refractivity contribution in [1.82, 2.24) is 0 Å². The zero-order valence-electron chi connectivity index (χ0n) is 16.4. The molecule has 0 saturated carbocycles. The van der Waals surface area contributed by atoms with Gasteiger partial charge in [0.25, 0.3) is 0 Å². The van der Waals surface area contributed by atoms with Crippen molar-refractivity contribution in [3.63, 3.8) is 0 Å². The summed E-state index contributed by atoms with van der Waals surface area (Å²) >= 11 is 0. The van der Waals surface area contributed by atoms with Crippen LogP contribution in [0.2, 0.25) is 0 Å². The maximum atomic E-state index is 13.5. The molecule has 0 saturated heterocycles. The number of carbonyl (C=O) groups is 1. The molecule has 0 amide bonds. The van der Waals surface area contributed by atoms with Gasteiger partial charge in [0.1, 0.15) is 6.04 Å². The minimum Gasteiger partial charge on any atom is -0.364 e. The summed E-state index contributed by atoms with van der Waals surface area (Å²) in [5.41, 5.74) is 8.35. The Labute approximate surface area is 166 Å². The van der Waals surface area contributed by atoms with Crippen LogP contribution in [0.3, 0.4) is 0 Å². The van der Waals surface area contributed by atoms with E-state index in [9.17, 15) is 4.79 Å². The second-order valence-corrected chi connectivity index (χ2v) is 8.02. The van der Waals surface area contributed by atoms with Gasteiger partial charge < -0.3 is 9.80 Å². The monoisotopic (exact) mass is 368 g/mol. The zero-order chi connectivity index (χ0) is 19.3. The van der Waals surface area contributed by atoms with Gasteiger partial charge in [0.15, 0.2) is 5.78 Å². The number of rotatable bonds is 2. The van der Waals surface area contributed by atoms with E-state index in [2.05, 4.69) is 60.0 Å². The number of carbonyl (C=O) groups excluding carboxylic acids is 1. The minimum absolute atomic E-state index is 0.195. The molecule has 0 aromatic heterocycles. The van der Waals surface area contributed by atoms with E-state index in [0.717, 1.165) is 18.7 Å². The second kappa shape index (κ2) is 6.52. The molecule has 0 spiro atoms. The highest BCUT2D eigenvalue weighted by Crippen LogP contribution is 2.39. The van der Waals surface area contributed by atoms with E-state index in [1.165, 1.54) is 33.6 Å². The number of benzene rings is 3. The Balaban J connectivity index is 1.67. The highest BCUT2D eigenvalue weighted by atomic mass is 16.1. The lowest BCUT2D eigenvalue weighted by Gasteiger charge is -2.31. The van der Waals surface area contributed by atoms with E-state index in [1.54, 1.807) is 0 Å². The van der Waals surface area contributed by atoms with Crippen LogP contribution in [0.1, 0.15) is 32.6 Å². The molecule has 3 aromatic carbocycles. The number of anilines is 2. The zero-order valence-corrected chi connectivity index (χ0v) is 16.4. The first-order valence-corrected chi connectivity index (χ1v) is 9.90. The molecule has 2 bridgehead atoms. The number of ketones is 1. The normalized spacial score (nSPS) is 17.6. The van der Waals surface area contributed by atoms with Crippen molar-refractivity contribution in [3.05, 3.63) is 94.5 Å². The average molecular weight is 368 g/mol. The van der Waals surface area contributed by atoms with Gasteiger partial charge in [-0.15, -0.1) is 0 Å². The van der Waals surface area contributed by atoms with Gasteiger partial charge in [-0.1, -0.05) is 65.7 Å². The molecule has 1 atom stereocenters. The number of fused-ring (bicyclic) bond motifs is 7.